The number of amides is 4. The van der Waals surface area contributed by atoms with Crippen LogP contribution in [0, 0.1) is 0 Å². The lowest BCUT2D eigenvalue weighted by atomic mass is 9.97. The van der Waals surface area contributed by atoms with Gasteiger partial charge in [0.15, 0.2) is 12.3 Å². The zero-order chi connectivity index (χ0) is 75.6. The van der Waals surface area contributed by atoms with Gasteiger partial charge in [-0.05, 0) is 60.7 Å². The van der Waals surface area contributed by atoms with Crippen LogP contribution >= 0.6 is 12.3 Å². The van der Waals surface area contributed by atoms with E-state index >= 15 is 0 Å². The molecule has 4 aliphatic rings. The van der Waals surface area contributed by atoms with Crippen LogP contribution in [0.4, 0.5) is 0 Å². The van der Waals surface area contributed by atoms with Crippen molar-refractivity contribution in [1.29, 1.82) is 0 Å². The normalized spacial score (nSPS) is 29.3. The standard InChI is InChI=1S/C15H21NO10S.3C14H19NO9S/c1-8(18)16-12-13(19)14(26-27(20,21)22)11(7-17)25-15(12)24-10-5-3-9(23-2)4-6-10;1-8(17)15-11-12(18)13(24-25(19,20)21)10(7-16)23-14(11)22-9-5-3-2-4-6-9;1-8(16)15-11-13(18)12(17)10(7-22-25(19,20)21)24-14(11)23-9-5-3-2-4-6-9;1-8(17)15-11-13(22-25-24-23-19)12(18)10(7-16)21-14(11)20-9-5-3-2-4-6-9/h3-6,11-15,17,19H,7H2,1-2H3,(H,16,18)(H,20,21,22);2-6,10-14,16,18H,7H2,1H3,(H,15,17)(H,19,20,21);2-6,10-14,17-18H,7H2,1H3,(H,15,16)(H,19,20,21);2-6,10-14,16,18-19H,7H2,1H3,(H,15,17)/p-4/t11?,12?,13-,14+,15?;2*10?,11?,12-,13+,14?;10?,11?,12-,13-,14?/m1100/s1. The third-order valence-corrected chi connectivity index (χ3v) is 15.8. The van der Waals surface area contributed by atoms with Crippen LogP contribution in [0.1, 0.15) is 27.7 Å². The van der Waals surface area contributed by atoms with Crippen molar-refractivity contribution >= 4 is 67.1 Å². The minimum absolute atomic E-state index is 0.176. The highest BCUT2D eigenvalue weighted by Crippen LogP contribution is 2.32. The Hall–Kier alpha value is -6.92. The van der Waals surface area contributed by atoms with Crippen LogP contribution in [0.25, 0.3) is 0 Å². The average Bonchev–Trinajstić information content (AvgIpc) is 0.813. The summed E-state index contributed by atoms with van der Waals surface area (Å²) in [5.41, 5.74) is 0. The lowest BCUT2D eigenvalue weighted by Crippen LogP contribution is -2.66. The second-order valence-corrected chi connectivity index (χ2v) is 25.1. The number of nitrogens with one attached hydrogen (secondary N) is 4. The lowest BCUT2D eigenvalue weighted by Gasteiger charge is -2.43. The summed E-state index contributed by atoms with van der Waals surface area (Å²) in [5, 5.41) is 102. The largest absolute Gasteiger partial charge is 0.726 e. The van der Waals surface area contributed by atoms with Gasteiger partial charge in [-0.2, -0.15) is 0 Å². The minimum Gasteiger partial charge on any atom is -0.726 e. The molecule has 102 heavy (non-hydrogen) atoms. The van der Waals surface area contributed by atoms with Crippen LogP contribution in [0.2, 0.25) is 0 Å². The summed E-state index contributed by atoms with van der Waals surface area (Å²) >= 11 is 0.176. The van der Waals surface area contributed by atoms with Gasteiger partial charge in [-0.25, -0.2) is 25.3 Å². The summed E-state index contributed by atoms with van der Waals surface area (Å²) < 4.78 is 168. The zero-order valence-corrected chi connectivity index (χ0v) is 57.2. The van der Waals surface area contributed by atoms with Gasteiger partial charge in [0.25, 0.3) is 0 Å². The van der Waals surface area contributed by atoms with E-state index in [4.69, 9.17) is 46.8 Å². The van der Waals surface area contributed by atoms with Gasteiger partial charge in [0, 0.05) is 27.7 Å². The van der Waals surface area contributed by atoms with Gasteiger partial charge in [0.05, 0.1) is 33.5 Å². The Labute approximate surface area is 586 Å². The van der Waals surface area contributed by atoms with E-state index in [1.54, 1.807) is 103 Å². The van der Waals surface area contributed by atoms with E-state index in [2.05, 4.69) is 43.2 Å². The molecule has 20 atom stereocenters. The lowest BCUT2D eigenvalue weighted by molar-refractivity contribution is -0.777. The predicted molar refractivity (Wildman–Crippen MR) is 331 cm³/mol. The van der Waals surface area contributed by atoms with Gasteiger partial charge >= 0.3 is 0 Å². The van der Waals surface area contributed by atoms with Crippen molar-refractivity contribution in [2.45, 2.75) is 150 Å². The van der Waals surface area contributed by atoms with E-state index < -0.39 is 204 Å². The van der Waals surface area contributed by atoms with Crippen LogP contribution in [-0.2, 0) is 95.4 Å². The summed E-state index contributed by atoms with van der Waals surface area (Å²) in [5.74, 6) is -0.0596. The molecule has 12 unspecified atom stereocenters. The first kappa shape index (κ1) is 85.7. The summed E-state index contributed by atoms with van der Waals surface area (Å²) in [6, 6.07) is 26.9. The fraction of sp³-hybridized carbons (Fsp3) is 0.509. The van der Waals surface area contributed by atoms with Gasteiger partial charge in [0.1, 0.15) is 126 Å². The summed E-state index contributed by atoms with van der Waals surface area (Å²) in [6.45, 7) is 1.95. The molecule has 4 fully saturated rings. The molecule has 4 aromatic rings. The molecule has 4 heterocycles. The van der Waals surface area contributed by atoms with Crippen LogP contribution < -0.4 is 50.2 Å². The Kier molecular flexibility index (Phi) is 34.4. The quantitative estimate of drug-likeness (QED) is 0.00661. The highest BCUT2D eigenvalue weighted by molar-refractivity contribution is 7.89. The fourth-order valence-corrected chi connectivity index (χ4v) is 11.5. The van der Waals surface area contributed by atoms with Crippen molar-refractivity contribution < 1.29 is 173 Å². The second-order valence-electron chi connectivity index (χ2n) is 21.6. The molecule has 4 amide bonds. The summed E-state index contributed by atoms with van der Waals surface area (Å²) in [7, 11) is -13.9. The average molecular weight is 1540 g/mol. The maximum absolute atomic E-state index is 11.5. The van der Waals surface area contributed by atoms with Crippen molar-refractivity contribution in [1.82, 2.24) is 21.3 Å². The number of benzene rings is 4. The number of hydrogen-bond donors (Lipinski definition) is 12. The Morgan fingerprint density at radius 2 is 0.755 bits per heavy atom. The number of carbonyl (C=O) groups excluding carboxylic acids is 4. The molecule has 0 bridgehead atoms. The number of ether oxygens (including phenoxy) is 9. The number of aliphatic hydroxyl groups excluding tert-OH is 8. The maximum Gasteiger partial charge on any atom is 0.223 e. The Balaban J connectivity index is 0.000000245. The van der Waals surface area contributed by atoms with Crippen molar-refractivity contribution in [3.05, 3.63) is 115 Å². The van der Waals surface area contributed by atoms with Gasteiger partial charge in [-0.3, -0.25) is 40.9 Å². The highest BCUT2D eigenvalue weighted by Gasteiger charge is 2.52. The van der Waals surface area contributed by atoms with Gasteiger partial charge in [0.2, 0.25) is 80.0 Å². The summed E-state index contributed by atoms with van der Waals surface area (Å²) in [4.78, 5) is 45.7. The zero-order valence-electron chi connectivity index (χ0n) is 53.9. The second kappa shape index (κ2) is 41.0. The van der Waals surface area contributed by atoms with Gasteiger partial charge in [-0.15, -0.1) is 4.33 Å². The third-order valence-electron chi connectivity index (χ3n) is 14.1. The van der Waals surface area contributed by atoms with E-state index in [0.29, 0.717) is 23.0 Å². The van der Waals surface area contributed by atoms with Crippen LogP contribution in [-0.4, -0.2) is 260 Å². The highest BCUT2D eigenvalue weighted by atomic mass is 32.3. The number of rotatable bonds is 27. The molecule has 45 heteroatoms. The number of aliphatic hydroxyl groups is 8. The molecular formula is C57H74N4O37S4-4. The van der Waals surface area contributed by atoms with Crippen LogP contribution in [0.5, 0.6) is 28.7 Å². The Bertz CT molecular complexity index is 3510. The van der Waals surface area contributed by atoms with Gasteiger partial charge in [-0.1, -0.05) is 54.6 Å². The van der Waals surface area contributed by atoms with E-state index in [-0.39, 0.29) is 18.1 Å². The molecule has 12 N–H and O–H groups in total. The molecule has 0 aliphatic carbocycles. The molecule has 0 aromatic heterocycles. The molecule has 0 saturated carbocycles. The van der Waals surface area contributed by atoms with Crippen LogP contribution in [0.15, 0.2) is 115 Å². The minimum atomic E-state index is -5.20. The van der Waals surface area contributed by atoms with E-state index in [0.717, 1.165) is 6.92 Å². The van der Waals surface area contributed by atoms with Crippen molar-refractivity contribution in [2.75, 3.05) is 33.5 Å². The molecule has 4 aromatic carbocycles. The van der Waals surface area contributed by atoms with E-state index in [9.17, 15) is 104 Å². The van der Waals surface area contributed by atoms with Crippen LogP contribution in [0.3, 0.4) is 0 Å². The molecule has 8 rings (SSSR count). The third kappa shape index (κ3) is 27.9. The molecular weight excluding hydrogens is 1460 g/mol. The topological polar surface area (TPSA) is 611 Å². The molecule has 41 nitrogen and oxygen atoms in total. The molecule has 4 aliphatic heterocycles. The van der Waals surface area contributed by atoms with Crippen molar-refractivity contribution in [3.8, 4) is 28.7 Å². The number of methoxy groups -OCH3 is 1. The first-order chi connectivity index (χ1) is 48.1. The number of carbonyl (C=O) groups is 4. The molecule has 572 valence electrons. The monoisotopic (exact) mass is 1530 g/mol. The molecule has 0 radical (unpaired) electrons. The molecule has 4 saturated heterocycles. The Morgan fingerprint density at radius 1 is 0.431 bits per heavy atom. The first-order valence-corrected chi connectivity index (χ1v) is 34.3. The SMILES string of the molecule is CC(=O)NC1C(Oc2ccccc2)OC(CO)[C@H](O)[C@H]1OSOO[O-].CC(=O)NC1C(Oc2ccccc2)OC(CO)[C@H](OS(=O)(=O)[O-])[C@@H]1O.CC(=O)NC1C(Oc2ccccc2)OC(COS(=O)(=O)[O-])[C@H](O)[C@@H]1O.COc1ccc(OC2OC(CO)[C@H](OS(=O)(=O)[O-])[C@H](O)C2NC(C)=O)cc1. The Morgan fingerprint density at radius 3 is 1.09 bits per heavy atom. The van der Waals surface area contributed by atoms with Gasteiger partial charge < -0.3 is 124 Å². The summed E-state index contributed by atoms with van der Waals surface area (Å²) in [6.07, 6.45) is -22.5. The number of hydrogen-bond acceptors (Lipinski definition) is 38. The molecule has 0 spiro atoms. The number of para-hydroxylation sites is 3. The maximum atomic E-state index is 11.5. The smallest absolute Gasteiger partial charge is 0.223 e. The van der Waals surface area contributed by atoms with E-state index in [1.807, 2.05) is 0 Å². The van der Waals surface area contributed by atoms with Crippen molar-refractivity contribution in [2.24, 2.45) is 0 Å². The van der Waals surface area contributed by atoms with E-state index in [1.165, 1.54) is 40.0 Å². The fourth-order valence-electron chi connectivity index (χ4n) is 9.76. The predicted octanol–water partition coefficient (Wildman–Crippen LogP) is -5.69. The van der Waals surface area contributed by atoms with Crippen molar-refractivity contribution in [3.63, 3.8) is 0 Å². The first-order valence-electron chi connectivity index (χ1n) is 29.7.